The fraction of sp³-hybridized carbons (Fsp3) is 0.591. The zero-order valence-electron chi connectivity index (χ0n) is 19.6. The van der Waals surface area contributed by atoms with Crippen molar-refractivity contribution in [3.05, 3.63) is 30.9 Å². The number of hydrogen-bond acceptors (Lipinski definition) is 5. The molecule has 31 heavy (non-hydrogen) atoms. The maximum absolute atomic E-state index is 15.6. The molecule has 2 aromatic heterocycles. The van der Waals surface area contributed by atoms with Gasteiger partial charge in [-0.15, -0.1) is 0 Å². The van der Waals surface area contributed by atoms with Crippen molar-refractivity contribution in [1.82, 2.24) is 14.5 Å². The van der Waals surface area contributed by atoms with Crippen molar-refractivity contribution in [1.29, 1.82) is 0 Å². The highest BCUT2D eigenvalue weighted by molar-refractivity contribution is 6.74. The van der Waals surface area contributed by atoms with Gasteiger partial charge in [0, 0.05) is 11.6 Å². The number of carbonyl (C=O) groups is 1. The highest BCUT2D eigenvalue weighted by Gasteiger charge is 2.49. The lowest BCUT2D eigenvalue weighted by atomic mass is 9.96. The second kappa shape index (κ2) is 7.70. The third kappa shape index (κ3) is 4.38. The summed E-state index contributed by atoms with van der Waals surface area (Å²) in [5.41, 5.74) is -0.113. The SMILES string of the molecule is C=C1OC(n2ccc3c(NC(=O)C(C)(C)C)ncnc32)[C@@H](F)[C@@H]1O[Si](C)(C)C(C)(C)C. The fourth-order valence-corrected chi connectivity index (χ4v) is 4.27. The van der Waals surface area contributed by atoms with Crippen LogP contribution in [0.4, 0.5) is 10.2 Å². The molecule has 9 heteroatoms. The molecule has 0 aromatic carbocycles. The zero-order chi connectivity index (χ0) is 23.4. The quantitative estimate of drug-likeness (QED) is 0.652. The molecule has 1 aliphatic rings. The molecule has 3 heterocycles. The Kier molecular flexibility index (Phi) is 5.81. The van der Waals surface area contributed by atoms with Crippen molar-refractivity contribution in [2.75, 3.05) is 5.32 Å². The fourth-order valence-electron chi connectivity index (χ4n) is 3.02. The van der Waals surface area contributed by atoms with Crippen molar-refractivity contribution in [2.24, 2.45) is 5.41 Å². The van der Waals surface area contributed by atoms with Gasteiger partial charge in [-0.3, -0.25) is 9.36 Å². The van der Waals surface area contributed by atoms with Crippen LogP contribution in [0, 0.1) is 5.41 Å². The van der Waals surface area contributed by atoms with E-state index in [2.05, 4.69) is 55.7 Å². The van der Waals surface area contributed by atoms with Gasteiger partial charge in [0.15, 0.2) is 14.5 Å². The number of amides is 1. The molecule has 3 rings (SSSR count). The molecule has 0 spiro atoms. The summed E-state index contributed by atoms with van der Waals surface area (Å²) in [6, 6.07) is 1.74. The predicted octanol–water partition coefficient (Wildman–Crippen LogP) is 5.19. The average Bonchev–Trinajstić information content (AvgIpc) is 3.16. The molecule has 0 aliphatic carbocycles. The summed E-state index contributed by atoms with van der Waals surface area (Å²) in [4.78, 5) is 20.9. The molecular formula is C22H33FN4O3Si. The lowest BCUT2D eigenvalue weighted by Gasteiger charge is -2.38. The number of nitrogens with zero attached hydrogens (tertiary/aromatic N) is 3. The van der Waals surface area contributed by atoms with E-state index in [1.807, 2.05) is 20.8 Å². The number of fused-ring (bicyclic) bond motifs is 1. The maximum atomic E-state index is 15.6. The van der Waals surface area contributed by atoms with Gasteiger partial charge in [-0.2, -0.15) is 0 Å². The van der Waals surface area contributed by atoms with E-state index in [1.54, 1.807) is 16.8 Å². The summed E-state index contributed by atoms with van der Waals surface area (Å²) < 4.78 is 29.3. The first-order chi connectivity index (χ1) is 14.1. The molecule has 0 radical (unpaired) electrons. The summed E-state index contributed by atoms with van der Waals surface area (Å²) in [6.45, 7) is 19.8. The van der Waals surface area contributed by atoms with Gasteiger partial charge in [-0.1, -0.05) is 48.1 Å². The van der Waals surface area contributed by atoms with E-state index >= 15 is 4.39 Å². The minimum atomic E-state index is -2.23. The number of rotatable bonds is 4. The smallest absolute Gasteiger partial charge is 0.230 e. The van der Waals surface area contributed by atoms with E-state index in [1.165, 1.54) is 6.33 Å². The van der Waals surface area contributed by atoms with Crippen molar-refractivity contribution in [2.45, 2.75) is 78.2 Å². The summed E-state index contributed by atoms with van der Waals surface area (Å²) in [7, 11) is -2.23. The zero-order valence-corrected chi connectivity index (χ0v) is 20.6. The first-order valence-electron chi connectivity index (χ1n) is 10.4. The van der Waals surface area contributed by atoms with Crippen LogP contribution in [-0.4, -0.2) is 41.0 Å². The van der Waals surface area contributed by atoms with Crippen LogP contribution in [0.3, 0.4) is 0 Å². The summed E-state index contributed by atoms with van der Waals surface area (Å²) in [5, 5.41) is 3.37. The molecule has 0 bridgehead atoms. The third-order valence-electron chi connectivity index (χ3n) is 6.08. The number of hydrogen-bond donors (Lipinski definition) is 1. The summed E-state index contributed by atoms with van der Waals surface area (Å²) >= 11 is 0. The molecule has 170 valence electrons. The number of ether oxygens (including phenoxy) is 1. The Balaban J connectivity index is 1.90. The summed E-state index contributed by atoms with van der Waals surface area (Å²) in [6.07, 6.45) is -0.214. The molecule has 3 atom stereocenters. The van der Waals surface area contributed by atoms with Gasteiger partial charge in [-0.25, -0.2) is 14.4 Å². The molecule has 0 saturated carbocycles. The van der Waals surface area contributed by atoms with Gasteiger partial charge in [0.1, 0.15) is 29.7 Å². The standard InChI is InChI=1S/C22H33FN4O3Si/c1-13-16(30-31(8,9)22(5,6)7)15(23)19(29-13)27-11-10-14-17(24-12-25-18(14)27)26-20(28)21(2,3)4/h10-12,15-16,19H,1H2,2-9H3,(H,24,25,26,28)/t15-,16+,19?/m0/s1. The summed E-state index contributed by atoms with van der Waals surface area (Å²) in [5.74, 6) is 0.487. The van der Waals surface area contributed by atoms with E-state index in [9.17, 15) is 4.79 Å². The van der Waals surface area contributed by atoms with Crippen LogP contribution in [0.25, 0.3) is 11.0 Å². The van der Waals surface area contributed by atoms with Crippen LogP contribution < -0.4 is 5.32 Å². The molecule has 1 fully saturated rings. The normalized spacial score (nSPS) is 22.6. The van der Waals surface area contributed by atoms with Crippen LogP contribution in [0.2, 0.25) is 18.1 Å². The number of halogens is 1. The number of aromatic nitrogens is 3. The van der Waals surface area contributed by atoms with E-state index in [0.29, 0.717) is 16.9 Å². The largest absolute Gasteiger partial charge is 0.469 e. The van der Waals surface area contributed by atoms with Crippen molar-refractivity contribution in [3.8, 4) is 0 Å². The van der Waals surface area contributed by atoms with Gasteiger partial charge >= 0.3 is 0 Å². The van der Waals surface area contributed by atoms with E-state index in [0.717, 1.165) is 0 Å². The molecule has 1 unspecified atom stereocenters. The number of carbonyl (C=O) groups excluding carboxylic acids is 1. The highest BCUT2D eigenvalue weighted by Crippen LogP contribution is 2.43. The number of alkyl halides is 1. The van der Waals surface area contributed by atoms with Crippen LogP contribution in [0.5, 0.6) is 0 Å². The first-order valence-corrected chi connectivity index (χ1v) is 13.3. The van der Waals surface area contributed by atoms with E-state index < -0.39 is 32.2 Å². The molecule has 1 aliphatic heterocycles. The second-order valence-electron chi connectivity index (χ2n) is 10.6. The maximum Gasteiger partial charge on any atom is 0.230 e. The first kappa shape index (κ1) is 23.4. The Morgan fingerprint density at radius 1 is 1.26 bits per heavy atom. The minimum Gasteiger partial charge on any atom is -0.469 e. The lowest BCUT2D eigenvalue weighted by Crippen LogP contribution is -2.46. The lowest BCUT2D eigenvalue weighted by molar-refractivity contribution is -0.123. The Bertz CT molecular complexity index is 1010. The van der Waals surface area contributed by atoms with Crippen LogP contribution in [0.1, 0.15) is 47.8 Å². The van der Waals surface area contributed by atoms with E-state index in [-0.39, 0.29) is 16.7 Å². The minimum absolute atomic E-state index is 0.0708. The molecule has 1 amide bonds. The van der Waals surface area contributed by atoms with Gasteiger partial charge in [-0.05, 0) is 24.2 Å². The Morgan fingerprint density at radius 3 is 2.48 bits per heavy atom. The molecule has 2 aromatic rings. The predicted molar refractivity (Wildman–Crippen MR) is 122 cm³/mol. The van der Waals surface area contributed by atoms with Gasteiger partial charge in [0.25, 0.3) is 0 Å². The van der Waals surface area contributed by atoms with Gasteiger partial charge < -0.3 is 14.5 Å². The van der Waals surface area contributed by atoms with Crippen molar-refractivity contribution in [3.63, 3.8) is 0 Å². The third-order valence-corrected chi connectivity index (χ3v) is 10.5. The molecule has 7 nitrogen and oxygen atoms in total. The Hall–Kier alpha value is -2.26. The van der Waals surface area contributed by atoms with Crippen LogP contribution >= 0.6 is 0 Å². The van der Waals surface area contributed by atoms with E-state index in [4.69, 9.17) is 9.16 Å². The topological polar surface area (TPSA) is 78.3 Å². The molecule has 1 N–H and O–H groups in total. The molecule has 1 saturated heterocycles. The number of nitrogens with one attached hydrogen (secondary N) is 1. The van der Waals surface area contributed by atoms with Crippen LogP contribution in [0.15, 0.2) is 30.9 Å². The van der Waals surface area contributed by atoms with Gasteiger partial charge in [0.05, 0.1) is 5.39 Å². The molecular weight excluding hydrogens is 415 g/mol. The average molecular weight is 449 g/mol. The monoisotopic (exact) mass is 448 g/mol. The second-order valence-corrected chi connectivity index (χ2v) is 15.4. The van der Waals surface area contributed by atoms with Gasteiger partial charge in [0.2, 0.25) is 12.1 Å². The number of anilines is 1. The van der Waals surface area contributed by atoms with Crippen molar-refractivity contribution < 1.29 is 18.3 Å². The van der Waals surface area contributed by atoms with Crippen molar-refractivity contribution >= 4 is 31.1 Å². The Labute approximate surface area is 184 Å². The highest BCUT2D eigenvalue weighted by atomic mass is 28.4. The Morgan fingerprint density at radius 2 is 1.90 bits per heavy atom. The van der Waals surface area contributed by atoms with Crippen LogP contribution in [-0.2, 0) is 14.0 Å².